The molecule has 1 aliphatic rings. The summed E-state index contributed by atoms with van der Waals surface area (Å²) < 4.78 is 0. The zero-order valence-electron chi connectivity index (χ0n) is 8.24. The van der Waals surface area contributed by atoms with E-state index < -0.39 is 6.10 Å². The van der Waals surface area contributed by atoms with Crippen LogP contribution in [0.3, 0.4) is 0 Å². The fourth-order valence-electron chi connectivity index (χ4n) is 1.29. The number of nitrogens with one attached hydrogen (secondary N) is 1. The van der Waals surface area contributed by atoms with Gasteiger partial charge in [0.25, 0.3) is 0 Å². The van der Waals surface area contributed by atoms with Crippen LogP contribution in [0.15, 0.2) is 0 Å². The van der Waals surface area contributed by atoms with E-state index in [1.165, 1.54) is 12.8 Å². The van der Waals surface area contributed by atoms with Crippen molar-refractivity contribution in [1.29, 1.82) is 0 Å². The van der Waals surface area contributed by atoms with E-state index in [-0.39, 0.29) is 6.61 Å². The summed E-state index contributed by atoms with van der Waals surface area (Å²) in [6, 6.07) is 0.796. The highest BCUT2D eigenvalue weighted by atomic mass is 16.3. The molecule has 13 heavy (non-hydrogen) atoms. The number of nitrogens with zero attached hydrogens (tertiary/aromatic N) is 1. The van der Waals surface area contributed by atoms with Gasteiger partial charge in [-0.15, -0.1) is 0 Å². The minimum absolute atomic E-state index is 0.161. The topological polar surface area (TPSA) is 55.7 Å². The summed E-state index contributed by atoms with van der Waals surface area (Å²) >= 11 is 0. The lowest BCUT2D eigenvalue weighted by molar-refractivity contribution is 0.0940. The second-order valence-corrected chi connectivity index (χ2v) is 3.75. The second-order valence-electron chi connectivity index (χ2n) is 3.75. The lowest BCUT2D eigenvalue weighted by atomic mass is 10.4. The minimum atomic E-state index is -0.619. The van der Waals surface area contributed by atoms with E-state index in [1.54, 1.807) is 0 Å². The quantitative estimate of drug-likeness (QED) is 0.450. The summed E-state index contributed by atoms with van der Waals surface area (Å²) in [6.45, 7) is 2.22. The maximum absolute atomic E-state index is 9.02. The molecule has 0 saturated heterocycles. The monoisotopic (exact) mass is 188 g/mol. The maximum Gasteiger partial charge on any atom is 0.0894 e. The van der Waals surface area contributed by atoms with Gasteiger partial charge in [-0.3, -0.25) is 0 Å². The Labute approximate surface area is 79.6 Å². The summed E-state index contributed by atoms with van der Waals surface area (Å²) in [5, 5.41) is 20.7. The molecule has 1 fully saturated rings. The zero-order valence-corrected chi connectivity index (χ0v) is 8.24. The van der Waals surface area contributed by atoms with Crippen molar-refractivity contribution >= 4 is 0 Å². The van der Waals surface area contributed by atoms with Crippen molar-refractivity contribution < 1.29 is 10.2 Å². The van der Waals surface area contributed by atoms with Crippen LogP contribution < -0.4 is 5.32 Å². The van der Waals surface area contributed by atoms with E-state index in [0.29, 0.717) is 6.54 Å². The highest BCUT2D eigenvalue weighted by Crippen LogP contribution is 2.24. The van der Waals surface area contributed by atoms with Crippen LogP contribution in [0.2, 0.25) is 0 Å². The van der Waals surface area contributed by atoms with E-state index in [4.69, 9.17) is 10.2 Å². The molecule has 3 N–H and O–H groups in total. The standard InChI is InChI=1S/C9H20N2O2/c1-11(8-2-3-8)5-4-10-6-9(13)7-12/h8-10,12-13H,2-7H2,1H3. The number of hydrogen-bond donors (Lipinski definition) is 3. The first-order chi connectivity index (χ1) is 6.24. The van der Waals surface area contributed by atoms with E-state index in [9.17, 15) is 0 Å². The third-order valence-electron chi connectivity index (χ3n) is 2.40. The number of aliphatic hydroxyl groups is 2. The highest BCUT2D eigenvalue weighted by Gasteiger charge is 2.25. The number of aliphatic hydroxyl groups excluding tert-OH is 2. The Bertz CT molecular complexity index is 140. The Kier molecular flexibility index (Phi) is 4.66. The molecule has 0 aromatic heterocycles. The lowest BCUT2D eigenvalue weighted by Gasteiger charge is -2.16. The van der Waals surface area contributed by atoms with Gasteiger partial charge < -0.3 is 20.4 Å². The van der Waals surface area contributed by atoms with Crippen LogP contribution in [0.4, 0.5) is 0 Å². The molecular weight excluding hydrogens is 168 g/mol. The van der Waals surface area contributed by atoms with Gasteiger partial charge in [0.1, 0.15) is 0 Å². The van der Waals surface area contributed by atoms with Gasteiger partial charge >= 0.3 is 0 Å². The van der Waals surface area contributed by atoms with E-state index in [0.717, 1.165) is 19.1 Å². The van der Waals surface area contributed by atoms with E-state index >= 15 is 0 Å². The molecule has 4 heteroatoms. The van der Waals surface area contributed by atoms with Gasteiger partial charge in [0.15, 0.2) is 0 Å². The van der Waals surface area contributed by atoms with Gasteiger partial charge in [0.05, 0.1) is 12.7 Å². The first-order valence-corrected chi connectivity index (χ1v) is 4.94. The molecule has 1 rings (SSSR count). The van der Waals surface area contributed by atoms with Gasteiger partial charge in [-0.1, -0.05) is 0 Å². The van der Waals surface area contributed by atoms with Crippen LogP contribution in [-0.4, -0.2) is 60.5 Å². The predicted molar refractivity (Wildman–Crippen MR) is 51.6 cm³/mol. The van der Waals surface area contributed by atoms with Crippen LogP contribution in [0.5, 0.6) is 0 Å². The fraction of sp³-hybridized carbons (Fsp3) is 1.00. The van der Waals surface area contributed by atoms with Gasteiger partial charge in [-0.2, -0.15) is 0 Å². The minimum Gasteiger partial charge on any atom is -0.394 e. The van der Waals surface area contributed by atoms with Crippen molar-refractivity contribution in [3.05, 3.63) is 0 Å². The number of hydrogen-bond acceptors (Lipinski definition) is 4. The molecule has 0 aromatic carbocycles. The predicted octanol–water partition coefficient (Wildman–Crippen LogP) is -0.977. The van der Waals surface area contributed by atoms with Crippen molar-refractivity contribution in [2.75, 3.05) is 33.3 Å². The third-order valence-corrected chi connectivity index (χ3v) is 2.40. The molecule has 0 aliphatic heterocycles. The van der Waals surface area contributed by atoms with Gasteiger partial charge in [-0.25, -0.2) is 0 Å². The molecule has 0 spiro atoms. The average Bonchev–Trinajstić information content (AvgIpc) is 2.94. The Morgan fingerprint density at radius 1 is 1.54 bits per heavy atom. The highest BCUT2D eigenvalue weighted by molar-refractivity contribution is 4.82. The molecule has 0 bridgehead atoms. The number of likely N-dealkylation sites (N-methyl/N-ethyl adjacent to an activating group) is 1. The summed E-state index contributed by atoms with van der Waals surface area (Å²) in [6.07, 6.45) is 2.04. The molecular formula is C9H20N2O2. The van der Waals surface area contributed by atoms with Crippen molar-refractivity contribution in [1.82, 2.24) is 10.2 Å². The first kappa shape index (κ1) is 10.9. The largest absolute Gasteiger partial charge is 0.394 e. The third kappa shape index (κ3) is 4.57. The summed E-state index contributed by atoms with van der Waals surface area (Å²) in [7, 11) is 2.13. The Balaban J connectivity index is 1.88. The smallest absolute Gasteiger partial charge is 0.0894 e. The summed E-state index contributed by atoms with van der Waals surface area (Å²) in [4.78, 5) is 2.33. The lowest BCUT2D eigenvalue weighted by Crippen LogP contribution is -2.35. The Morgan fingerprint density at radius 3 is 2.77 bits per heavy atom. The Morgan fingerprint density at radius 2 is 2.23 bits per heavy atom. The number of rotatable bonds is 7. The first-order valence-electron chi connectivity index (χ1n) is 4.94. The molecule has 1 atom stereocenters. The van der Waals surface area contributed by atoms with Crippen molar-refractivity contribution in [3.8, 4) is 0 Å². The molecule has 0 amide bonds. The molecule has 4 nitrogen and oxygen atoms in total. The molecule has 1 aliphatic carbocycles. The van der Waals surface area contributed by atoms with Crippen molar-refractivity contribution in [2.24, 2.45) is 0 Å². The Hall–Kier alpha value is -0.160. The van der Waals surface area contributed by atoms with Gasteiger partial charge in [0, 0.05) is 25.7 Å². The summed E-state index contributed by atoms with van der Waals surface area (Å²) in [5.74, 6) is 0. The summed E-state index contributed by atoms with van der Waals surface area (Å²) in [5.41, 5.74) is 0. The SMILES string of the molecule is CN(CCNCC(O)CO)C1CC1. The molecule has 0 aromatic rings. The fourth-order valence-corrected chi connectivity index (χ4v) is 1.29. The normalized spacial score (nSPS) is 19.4. The molecule has 1 saturated carbocycles. The van der Waals surface area contributed by atoms with E-state index in [1.807, 2.05) is 0 Å². The van der Waals surface area contributed by atoms with Crippen LogP contribution >= 0.6 is 0 Å². The van der Waals surface area contributed by atoms with Crippen molar-refractivity contribution in [2.45, 2.75) is 25.0 Å². The van der Waals surface area contributed by atoms with Crippen LogP contribution in [0.25, 0.3) is 0 Å². The molecule has 78 valence electrons. The second kappa shape index (κ2) is 5.54. The zero-order chi connectivity index (χ0) is 9.68. The van der Waals surface area contributed by atoms with Crippen LogP contribution in [0.1, 0.15) is 12.8 Å². The maximum atomic E-state index is 9.02. The molecule has 0 radical (unpaired) electrons. The van der Waals surface area contributed by atoms with E-state index in [2.05, 4.69) is 17.3 Å². The van der Waals surface area contributed by atoms with Gasteiger partial charge in [-0.05, 0) is 19.9 Å². The average molecular weight is 188 g/mol. The van der Waals surface area contributed by atoms with Gasteiger partial charge in [0.2, 0.25) is 0 Å². The van der Waals surface area contributed by atoms with Crippen LogP contribution in [0, 0.1) is 0 Å². The molecule has 1 unspecified atom stereocenters. The van der Waals surface area contributed by atoms with Crippen LogP contribution in [-0.2, 0) is 0 Å². The molecule has 0 heterocycles. The van der Waals surface area contributed by atoms with Crippen molar-refractivity contribution in [3.63, 3.8) is 0 Å².